The smallest absolute Gasteiger partial charge is 0.326 e. The lowest BCUT2D eigenvalue weighted by Crippen LogP contribution is -2.53. The fraction of sp³-hybridized carbons (Fsp3) is 0.769. The van der Waals surface area contributed by atoms with Gasteiger partial charge in [0.05, 0.1) is 0 Å². The molecule has 1 aliphatic carbocycles. The highest BCUT2D eigenvalue weighted by Gasteiger charge is 2.40. The van der Waals surface area contributed by atoms with Crippen LogP contribution in [0.1, 0.15) is 33.1 Å². The molecule has 0 bridgehead atoms. The second-order valence-electron chi connectivity index (χ2n) is 5.70. The quantitative estimate of drug-likeness (QED) is 0.684. The minimum Gasteiger partial charge on any atom is -0.480 e. The third-order valence-corrected chi connectivity index (χ3v) is 3.87. The van der Waals surface area contributed by atoms with Crippen molar-refractivity contribution in [2.24, 2.45) is 5.92 Å². The average Bonchev–Trinajstić information content (AvgIpc) is 3.08. The maximum atomic E-state index is 12.1. The summed E-state index contributed by atoms with van der Waals surface area (Å²) < 4.78 is 0. The summed E-state index contributed by atoms with van der Waals surface area (Å²) in [5, 5.41) is 14.5. The van der Waals surface area contributed by atoms with Crippen LogP contribution in [0.15, 0.2) is 0 Å². The summed E-state index contributed by atoms with van der Waals surface area (Å²) in [5.74, 6) is -1.30. The van der Waals surface area contributed by atoms with Crippen LogP contribution in [0, 0.1) is 5.92 Å². The molecule has 0 aromatic rings. The number of hydrogen-bond donors (Lipinski definition) is 3. The third-order valence-electron chi connectivity index (χ3n) is 3.87. The van der Waals surface area contributed by atoms with Crippen LogP contribution in [0.25, 0.3) is 0 Å². The molecule has 3 atom stereocenters. The first-order chi connectivity index (χ1) is 9.40. The highest BCUT2D eigenvalue weighted by Crippen LogP contribution is 2.24. The van der Waals surface area contributed by atoms with Gasteiger partial charge >= 0.3 is 12.0 Å². The first kappa shape index (κ1) is 14.6. The number of rotatable bonds is 4. The molecule has 0 aromatic heterocycles. The van der Waals surface area contributed by atoms with E-state index in [9.17, 15) is 19.5 Å². The summed E-state index contributed by atoms with van der Waals surface area (Å²) in [7, 11) is 0. The zero-order valence-electron chi connectivity index (χ0n) is 11.8. The minimum absolute atomic E-state index is 0.0751. The van der Waals surface area contributed by atoms with E-state index in [1.54, 1.807) is 6.92 Å². The van der Waals surface area contributed by atoms with Gasteiger partial charge in [0.15, 0.2) is 0 Å². The van der Waals surface area contributed by atoms with Gasteiger partial charge in [-0.25, -0.2) is 9.59 Å². The predicted molar refractivity (Wildman–Crippen MR) is 71.1 cm³/mol. The fourth-order valence-corrected chi connectivity index (χ4v) is 2.44. The van der Waals surface area contributed by atoms with E-state index in [0.29, 0.717) is 13.0 Å². The Morgan fingerprint density at radius 3 is 2.45 bits per heavy atom. The number of carboxylic acid groups (broad SMARTS) is 1. The Balaban J connectivity index is 1.89. The number of carbonyl (C=O) groups is 3. The highest BCUT2D eigenvalue weighted by molar-refractivity contribution is 5.89. The molecule has 1 aliphatic heterocycles. The van der Waals surface area contributed by atoms with Crippen LogP contribution in [0.2, 0.25) is 0 Å². The Morgan fingerprint density at radius 1 is 1.25 bits per heavy atom. The summed E-state index contributed by atoms with van der Waals surface area (Å²) in [6.45, 7) is 3.82. The molecule has 7 nitrogen and oxygen atoms in total. The number of nitrogens with one attached hydrogen (secondary N) is 2. The summed E-state index contributed by atoms with van der Waals surface area (Å²) >= 11 is 0. The van der Waals surface area contributed by atoms with E-state index in [4.69, 9.17) is 0 Å². The molecule has 0 radical (unpaired) electrons. The molecule has 1 saturated heterocycles. The van der Waals surface area contributed by atoms with Crippen molar-refractivity contribution in [1.82, 2.24) is 15.5 Å². The van der Waals surface area contributed by atoms with Gasteiger partial charge in [-0.1, -0.05) is 6.92 Å². The van der Waals surface area contributed by atoms with Crippen molar-refractivity contribution >= 4 is 17.9 Å². The number of aliphatic carboxylic acids is 1. The molecule has 1 saturated carbocycles. The van der Waals surface area contributed by atoms with Crippen molar-refractivity contribution in [2.75, 3.05) is 6.54 Å². The first-order valence-corrected chi connectivity index (χ1v) is 7.00. The average molecular weight is 283 g/mol. The van der Waals surface area contributed by atoms with Crippen molar-refractivity contribution in [1.29, 1.82) is 0 Å². The molecule has 7 heteroatoms. The maximum Gasteiger partial charge on any atom is 0.326 e. The molecule has 3 unspecified atom stereocenters. The minimum atomic E-state index is -1.000. The summed E-state index contributed by atoms with van der Waals surface area (Å²) in [6, 6.07) is -1.72. The molecule has 0 aromatic carbocycles. The van der Waals surface area contributed by atoms with E-state index in [2.05, 4.69) is 10.6 Å². The number of nitrogens with zero attached hydrogens (tertiary/aromatic N) is 1. The Morgan fingerprint density at radius 2 is 1.90 bits per heavy atom. The lowest BCUT2D eigenvalue weighted by molar-refractivity contribution is -0.142. The van der Waals surface area contributed by atoms with Crippen LogP contribution in [0.4, 0.5) is 4.79 Å². The highest BCUT2D eigenvalue weighted by atomic mass is 16.4. The summed E-state index contributed by atoms with van der Waals surface area (Å²) in [6.07, 6.45) is 2.63. The fourth-order valence-electron chi connectivity index (χ4n) is 2.44. The lowest BCUT2D eigenvalue weighted by atomic mass is 10.0. The van der Waals surface area contributed by atoms with E-state index in [0.717, 1.165) is 12.8 Å². The lowest BCUT2D eigenvalue weighted by Gasteiger charge is -2.25. The molecule has 112 valence electrons. The van der Waals surface area contributed by atoms with Gasteiger partial charge in [0, 0.05) is 12.6 Å². The van der Waals surface area contributed by atoms with Gasteiger partial charge in [0.2, 0.25) is 5.91 Å². The second kappa shape index (κ2) is 5.68. The van der Waals surface area contributed by atoms with Crippen molar-refractivity contribution in [3.8, 4) is 0 Å². The van der Waals surface area contributed by atoms with Crippen molar-refractivity contribution in [3.63, 3.8) is 0 Å². The van der Waals surface area contributed by atoms with Crippen molar-refractivity contribution in [2.45, 2.75) is 51.2 Å². The van der Waals surface area contributed by atoms with E-state index in [1.165, 1.54) is 4.90 Å². The van der Waals surface area contributed by atoms with E-state index < -0.39 is 24.1 Å². The van der Waals surface area contributed by atoms with E-state index in [1.807, 2.05) is 6.92 Å². The van der Waals surface area contributed by atoms with E-state index >= 15 is 0 Å². The van der Waals surface area contributed by atoms with Crippen LogP contribution in [-0.4, -0.2) is 52.6 Å². The molecule has 1 heterocycles. The molecule has 0 spiro atoms. The van der Waals surface area contributed by atoms with Crippen LogP contribution >= 0.6 is 0 Å². The monoisotopic (exact) mass is 283 g/mol. The Bertz CT molecular complexity index is 422. The Kier molecular flexibility index (Phi) is 4.15. The number of carbonyl (C=O) groups excluding carboxylic acids is 2. The Hall–Kier alpha value is -1.79. The van der Waals surface area contributed by atoms with Gasteiger partial charge in [-0.15, -0.1) is 0 Å². The van der Waals surface area contributed by atoms with Crippen LogP contribution in [0.5, 0.6) is 0 Å². The molecule has 2 rings (SSSR count). The maximum absolute atomic E-state index is 12.1. The normalized spacial score (nSPS) is 27.0. The van der Waals surface area contributed by atoms with Crippen LogP contribution < -0.4 is 10.6 Å². The summed E-state index contributed by atoms with van der Waals surface area (Å²) in [5.41, 5.74) is 0. The number of amides is 3. The zero-order chi connectivity index (χ0) is 14.9. The third kappa shape index (κ3) is 3.20. The number of likely N-dealkylation sites (tertiary alicyclic amines) is 1. The molecular formula is C13H21N3O4. The van der Waals surface area contributed by atoms with E-state index in [-0.39, 0.29) is 17.9 Å². The van der Waals surface area contributed by atoms with Gasteiger partial charge in [-0.3, -0.25) is 4.79 Å². The summed E-state index contributed by atoms with van der Waals surface area (Å²) in [4.78, 5) is 36.4. The van der Waals surface area contributed by atoms with Gasteiger partial charge in [0.25, 0.3) is 0 Å². The van der Waals surface area contributed by atoms with Gasteiger partial charge in [-0.05, 0) is 32.1 Å². The zero-order valence-corrected chi connectivity index (χ0v) is 11.8. The molecule has 2 fully saturated rings. The largest absolute Gasteiger partial charge is 0.480 e. The second-order valence-corrected chi connectivity index (χ2v) is 5.70. The van der Waals surface area contributed by atoms with Gasteiger partial charge < -0.3 is 20.6 Å². The molecule has 3 N–H and O–H groups in total. The standard InChI is InChI=1S/C13H21N3O4/c1-7-5-6-16(10(7)12(18)19)13(20)14-8(2)11(17)15-9-3-4-9/h7-10H,3-6H2,1-2H3,(H,14,20)(H,15,17)(H,18,19). The molecule has 3 amide bonds. The molecule has 20 heavy (non-hydrogen) atoms. The van der Waals surface area contributed by atoms with Crippen LogP contribution in [0.3, 0.4) is 0 Å². The Labute approximate surface area is 117 Å². The number of hydrogen-bond acceptors (Lipinski definition) is 3. The van der Waals surface area contributed by atoms with Gasteiger partial charge in [0.1, 0.15) is 12.1 Å². The molecular weight excluding hydrogens is 262 g/mol. The van der Waals surface area contributed by atoms with Crippen LogP contribution in [-0.2, 0) is 9.59 Å². The SMILES string of the molecule is CC(NC(=O)N1CCC(C)C1C(=O)O)C(=O)NC1CC1. The topological polar surface area (TPSA) is 98.7 Å². The number of urea groups is 1. The molecule has 2 aliphatic rings. The predicted octanol–water partition coefficient (Wildman–Crippen LogP) is 0.158. The van der Waals surface area contributed by atoms with Gasteiger partial charge in [-0.2, -0.15) is 0 Å². The number of carboxylic acids is 1. The van der Waals surface area contributed by atoms with Crippen molar-refractivity contribution < 1.29 is 19.5 Å². The van der Waals surface area contributed by atoms with Crippen molar-refractivity contribution in [3.05, 3.63) is 0 Å². The first-order valence-electron chi connectivity index (χ1n) is 7.00.